The van der Waals surface area contributed by atoms with Crippen LogP contribution in [0.25, 0.3) is 0 Å². The maximum atomic E-state index is 15.0. The zero-order valence-corrected chi connectivity index (χ0v) is 22.2. The van der Waals surface area contributed by atoms with Crippen molar-refractivity contribution >= 4 is 23.5 Å². The van der Waals surface area contributed by atoms with E-state index in [0.717, 1.165) is 0 Å². The van der Waals surface area contributed by atoms with Crippen LogP contribution in [-0.2, 0) is 47.9 Å². The second kappa shape index (κ2) is 6.40. The van der Waals surface area contributed by atoms with Crippen molar-refractivity contribution in [3.05, 3.63) is 12.2 Å². The molecule has 14 atom stereocenters. The Morgan fingerprint density at radius 3 is 2.55 bits per heavy atom. The molecule has 6 saturated heterocycles. The number of ether oxygens (including phenoxy) is 4. The predicted molar refractivity (Wildman–Crippen MR) is 124 cm³/mol. The number of esters is 2. The first-order valence-electron chi connectivity index (χ1n) is 14.1. The number of hydrogen-bond acceptors (Lipinski definition) is 12. The second-order valence-electron chi connectivity index (χ2n) is 14.0. The largest absolute Gasteiger partial charge is 0.458 e. The van der Waals surface area contributed by atoms with E-state index >= 15 is 0 Å². The Bertz CT molecular complexity index is 1390. The van der Waals surface area contributed by atoms with Crippen LogP contribution in [0.3, 0.4) is 0 Å². The first kappa shape index (κ1) is 24.4. The third kappa shape index (κ3) is 1.96. The third-order valence-corrected chi connectivity index (χ3v) is 12.9. The van der Waals surface area contributed by atoms with E-state index in [1.165, 1.54) is 0 Å². The van der Waals surface area contributed by atoms with E-state index in [1.54, 1.807) is 32.9 Å². The molecule has 0 amide bonds. The van der Waals surface area contributed by atoms with E-state index in [0.29, 0.717) is 0 Å². The molecule has 3 aliphatic carbocycles. The molecule has 0 aromatic heterocycles. The summed E-state index contributed by atoms with van der Waals surface area (Å²) >= 11 is 0. The zero-order chi connectivity index (χ0) is 28.0. The van der Waals surface area contributed by atoms with Crippen molar-refractivity contribution in [1.82, 2.24) is 0 Å². The van der Waals surface area contributed by atoms with Crippen LogP contribution in [0.4, 0.5) is 0 Å². The third-order valence-electron chi connectivity index (χ3n) is 12.9. The second-order valence-corrected chi connectivity index (χ2v) is 14.0. The van der Waals surface area contributed by atoms with Gasteiger partial charge in [-0.1, -0.05) is 6.92 Å². The van der Waals surface area contributed by atoms with Gasteiger partial charge in [0.1, 0.15) is 6.10 Å². The molecule has 40 heavy (non-hydrogen) atoms. The molecule has 12 heteroatoms. The summed E-state index contributed by atoms with van der Waals surface area (Å²) in [6.45, 7) is 4.84. The summed E-state index contributed by atoms with van der Waals surface area (Å²) in [6, 6.07) is 0. The number of aliphatic hydroxyl groups excluding tert-OH is 1. The minimum absolute atomic E-state index is 0.0559. The number of fused-ring (bicyclic) bond motifs is 4. The first-order chi connectivity index (χ1) is 18.8. The highest BCUT2D eigenvalue weighted by molar-refractivity contribution is 6.00. The molecule has 7 heterocycles. The van der Waals surface area contributed by atoms with E-state index in [-0.39, 0.29) is 38.1 Å². The van der Waals surface area contributed by atoms with Crippen LogP contribution in [-0.4, -0.2) is 86.8 Å². The van der Waals surface area contributed by atoms with Gasteiger partial charge in [0.15, 0.2) is 40.1 Å². The van der Waals surface area contributed by atoms with Crippen LogP contribution in [0.15, 0.2) is 12.2 Å². The molecule has 2 N–H and O–H groups in total. The fourth-order valence-corrected chi connectivity index (χ4v) is 10.9. The van der Waals surface area contributed by atoms with Crippen molar-refractivity contribution in [1.29, 1.82) is 0 Å². The van der Waals surface area contributed by atoms with Gasteiger partial charge in [-0.3, -0.25) is 14.4 Å². The fourth-order valence-electron chi connectivity index (χ4n) is 10.9. The van der Waals surface area contributed by atoms with Gasteiger partial charge in [-0.05, 0) is 63.0 Å². The minimum Gasteiger partial charge on any atom is -0.458 e. The van der Waals surface area contributed by atoms with Crippen molar-refractivity contribution in [2.75, 3.05) is 6.61 Å². The lowest BCUT2D eigenvalue weighted by Crippen LogP contribution is -2.80. The standard InChI is InChI=1S/C28H30O12/c1-22-9-16-24(3)28-17(22)19(31)27(39-28,35-10-13(22)20(32)36-16)12-8-15(29)26-7-5-14(38-40-26)18(30)23(26,2)11(12)4-6-25(28,34)21(33)37-24/h5,7,11-17,29,34H,4,6,8-10H2,1-3H3/t11?,12?,13-,14+,15+,16+,17?,22+,23-,24-,25?,26+,27?,28-/m0/s1. The van der Waals surface area contributed by atoms with Crippen molar-refractivity contribution in [2.24, 2.45) is 34.5 Å². The van der Waals surface area contributed by atoms with Gasteiger partial charge in [0, 0.05) is 5.92 Å². The summed E-state index contributed by atoms with van der Waals surface area (Å²) in [5.41, 5.74) is -9.90. The molecule has 3 spiro atoms. The number of carbonyl (C=O) groups is 4. The monoisotopic (exact) mass is 558 g/mol. The van der Waals surface area contributed by atoms with Gasteiger partial charge in [-0.2, -0.15) is 0 Å². The topological polar surface area (TPSA) is 164 Å². The highest BCUT2D eigenvalue weighted by Gasteiger charge is 2.93. The molecule has 0 radical (unpaired) electrons. The van der Waals surface area contributed by atoms with Crippen LogP contribution in [0, 0.1) is 34.5 Å². The van der Waals surface area contributed by atoms with Crippen molar-refractivity contribution in [3.63, 3.8) is 0 Å². The average Bonchev–Trinajstić information content (AvgIpc) is 3.23. The van der Waals surface area contributed by atoms with Crippen molar-refractivity contribution in [2.45, 2.75) is 93.0 Å². The summed E-state index contributed by atoms with van der Waals surface area (Å²) in [5.74, 6) is -8.03. The van der Waals surface area contributed by atoms with Gasteiger partial charge in [0.05, 0.1) is 30.0 Å². The molecule has 10 rings (SSSR count). The summed E-state index contributed by atoms with van der Waals surface area (Å²) < 4.78 is 25.1. The minimum atomic E-state index is -2.30. The van der Waals surface area contributed by atoms with Crippen LogP contribution in [0.5, 0.6) is 0 Å². The molecule has 0 aromatic carbocycles. The molecule has 2 saturated carbocycles. The van der Waals surface area contributed by atoms with Gasteiger partial charge in [-0.15, -0.1) is 0 Å². The number of hydrogen-bond donors (Lipinski definition) is 2. The molecule has 0 aromatic rings. The average molecular weight is 559 g/mol. The quantitative estimate of drug-likeness (QED) is 0.226. The lowest BCUT2D eigenvalue weighted by atomic mass is 9.46. The zero-order valence-electron chi connectivity index (χ0n) is 22.2. The molecule has 7 aliphatic heterocycles. The highest BCUT2D eigenvalue weighted by atomic mass is 17.2. The Hall–Kier alpha value is -2.22. The number of carbonyl (C=O) groups excluding carboxylic acids is 4. The maximum absolute atomic E-state index is 15.0. The van der Waals surface area contributed by atoms with Crippen molar-refractivity contribution in [3.8, 4) is 0 Å². The molecule has 5 unspecified atom stereocenters. The van der Waals surface area contributed by atoms with E-state index < -0.39 is 98.7 Å². The highest BCUT2D eigenvalue weighted by Crippen LogP contribution is 2.75. The van der Waals surface area contributed by atoms with E-state index in [4.69, 9.17) is 28.7 Å². The molecular weight excluding hydrogens is 528 g/mol. The first-order valence-corrected chi connectivity index (χ1v) is 14.1. The molecule has 7 bridgehead atoms. The Labute approximate surface area is 228 Å². The van der Waals surface area contributed by atoms with Crippen LogP contribution < -0.4 is 0 Å². The van der Waals surface area contributed by atoms with Gasteiger partial charge in [0.25, 0.3) is 0 Å². The fraction of sp³-hybridized carbons (Fsp3) is 0.786. The van der Waals surface area contributed by atoms with E-state index in [2.05, 4.69) is 0 Å². The number of ketones is 2. The smallest absolute Gasteiger partial charge is 0.342 e. The Kier molecular flexibility index (Phi) is 3.90. The van der Waals surface area contributed by atoms with E-state index in [9.17, 15) is 29.4 Å². The van der Waals surface area contributed by atoms with Crippen LogP contribution in [0.1, 0.15) is 46.5 Å². The number of Topliss-reactive ketones (excluding diaryl/α,β-unsaturated/α-hetero) is 2. The lowest BCUT2D eigenvalue weighted by molar-refractivity contribution is -0.441. The molecule has 12 nitrogen and oxygen atoms in total. The lowest BCUT2D eigenvalue weighted by Gasteiger charge is -2.65. The Balaban J connectivity index is 1.33. The maximum Gasteiger partial charge on any atom is 0.342 e. The SMILES string of the molecule is C[C@@]12C[C@H]3OC(=O)[C@@H]1COC14O[C@]5(C2C1=O)C(O)(CCC1C4C[C@@H](O)[C@@]24C=C[C@@H](OO2)C(=O)[C@]14C)C(=O)O[C@@]35C. The Morgan fingerprint density at radius 2 is 1.82 bits per heavy atom. The summed E-state index contributed by atoms with van der Waals surface area (Å²) in [4.78, 5) is 67.1. The molecular formula is C28H30O12. The van der Waals surface area contributed by atoms with Gasteiger partial charge >= 0.3 is 11.9 Å². The Morgan fingerprint density at radius 1 is 1.05 bits per heavy atom. The number of aliphatic hydroxyl groups is 2. The van der Waals surface area contributed by atoms with Gasteiger partial charge < -0.3 is 29.2 Å². The summed E-state index contributed by atoms with van der Waals surface area (Å²) in [7, 11) is 0. The van der Waals surface area contributed by atoms with Crippen molar-refractivity contribution < 1.29 is 58.1 Å². The molecule has 214 valence electrons. The van der Waals surface area contributed by atoms with Gasteiger partial charge in [-0.25, -0.2) is 14.6 Å². The summed E-state index contributed by atoms with van der Waals surface area (Å²) in [6.07, 6.45) is 0.0468. The summed E-state index contributed by atoms with van der Waals surface area (Å²) in [5, 5.41) is 24.1. The molecule has 10 aliphatic rings. The predicted octanol–water partition coefficient (Wildman–Crippen LogP) is -0.329. The normalized spacial score (nSPS) is 63.7. The van der Waals surface area contributed by atoms with E-state index in [1.807, 2.05) is 0 Å². The number of rotatable bonds is 0. The van der Waals surface area contributed by atoms with Crippen LogP contribution in [0.2, 0.25) is 0 Å². The molecule has 8 fully saturated rings. The van der Waals surface area contributed by atoms with Gasteiger partial charge in [0.2, 0.25) is 5.79 Å². The van der Waals surface area contributed by atoms with Crippen LogP contribution >= 0.6 is 0 Å².